The summed E-state index contributed by atoms with van der Waals surface area (Å²) in [5.74, 6) is -1.01. The minimum Gasteiger partial charge on any atom is -0.465 e. The molecular formula is C80H109N7O17S2. The zero-order valence-electron chi connectivity index (χ0n) is 62.7. The molecule has 578 valence electrons. The maximum Gasteiger partial charge on any atom is 0.410 e. The number of ether oxygens (including phenoxy) is 6. The van der Waals surface area contributed by atoms with Crippen LogP contribution >= 0.6 is 0 Å². The highest BCUT2D eigenvalue weighted by Crippen LogP contribution is 2.22. The monoisotopic (exact) mass is 1500 g/mol. The van der Waals surface area contributed by atoms with E-state index in [1.54, 1.807) is 26.5 Å². The Morgan fingerprint density at radius 2 is 0.632 bits per heavy atom. The summed E-state index contributed by atoms with van der Waals surface area (Å²) in [5.41, 5.74) is 4.81. The van der Waals surface area contributed by atoms with Gasteiger partial charge in [0.25, 0.3) is 0 Å². The summed E-state index contributed by atoms with van der Waals surface area (Å²) >= 11 is 0. The molecule has 0 bridgehead atoms. The topological polar surface area (TPSA) is 283 Å². The molecule has 5 heterocycles. The van der Waals surface area contributed by atoms with Crippen LogP contribution < -0.4 is 9.44 Å². The van der Waals surface area contributed by atoms with Gasteiger partial charge in [0.1, 0.15) is 56.3 Å². The molecule has 0 spiro atoms. The van der Waals surface area contributed by atoms with Crippen LogP contribution in [-0.2, 0) is 103 Å². The molecule has 26 heteroatoms. The van der Waals surface area contributed by atoms with Gasteiger partial charge in [-0.1, -0.05) is 152 Å². The summed E-state index contributed by atoms with van der Waals surface area (Å²) in [6.45, 7) is 20.3. The summed E-state index contributed by atoms with van der Waals surface area (Å²) in [6.07, 6.45) is 6.61. The summed E-state index contributed by atoms with van der Waals surface area (Å²) in [4.78, 5) is 114. The molecule has 5 fully saturated rings. The summed E-state index contributed by atoms with van der Waals surface area (Å²) in [7, 11) is -2.16. The van der Waals surface area contributed by atoms with Gasteiger partial charge in [-0.2, -0.15) is 0 Å². The number of benzene rings is 5. The van der Waals surface area contributed by atoms with E-state index in [9.17, 15) is 51.6 Å². The highest BCUT2D eigenvalue weighted by molar-refractivity contribution is 7.84. The predicted molar refractivity (Wildman–Crippen MR) is 406 cm³/mol. The van der Waals surface area contributed by atoms with Crippen LogP contribution in [0.3, 0.4) is 0 Å². The van der Waals surface area contributed by atoms with Gasteiger partial charge in [0.05, 0.1) is 38.1 Å². The number of nitrogens with one attached hydrogen (secondary N) is 2. The zero-order valence-corrected chi connectivity index (χ0v) is 64.3. The van der Waals surface area contributed by atoms with Gasteiger partial charge in [0, 0.05) is 110 Å². The normalized spacial score (nSPS) is 18.4. The largest absolute Gasteiger partial charge is 0.465 e. The summed E-state index contributed by atoms with van der Waals surface area (Å²) < 4.78 is 61.7. The Morgan fingerprint density at radius 3 is 0.953 bits per heavy atom. The van der Waals surface area contributed by atoms with Crippen molar-refractivity contribution >= 4 is 75.8 Å². The average molecular weight is 1500 g/mol. The first-order valence-corrected chi connectivity index (χ1v) is 39.0. The van der Waals surface area contributed by atoms with E-state index in [2.05, 4.69) is 9.44 Å². The second-order valence-electron chi connectivity index (χ2n) is 28.1. The molecule has 0 aromatic heterocycles. The van der Waals surface area contributed by atoms with Gasteiger partial charge in [-0.05, 0) is 128 Å². The van der Waals surface area contributed by atoms with Gasteiger partial charge >= 0.3 is 36.4 Å². The molecule has 5 aliphatic rings. The van der Waals surface area contributed by atoms with Gasteiger partial charge in [0.15, 0.2) is 0 Å². The number of Topliss-reactive ketones (excluding diaryl/α,β-unsaturated/α-hetero) is 3. The van der Waals surface area contributed by atoms with E-state index in [1.165, 1.54) is 4.90 Å². The number of piperidine rings is 1. The fraction of sp³-hybridized carbons (Fsp3) is 0.512. The van der Waals surface area contributed by atoms with E-state index >= 15 is 0 Å². The molecule has 5 aromatic carbocycles. The lowest BCUT2D eigenvalue weighted by atomic mass is 10.00. The maximum absolute atomic E-state index is 12.2. The Labute approximate surface area is 630 Å². The molecule has 3 unspecified atom stereocenters. The minimum absolute atomic E-state index is 0.143. The molecular weight excluding hydrogens is 1400 g/mol. The minimum atomic E-state index is -1.08. The van der Waals surface area contributed by atoms with E-state index in [-0.39, 0.29) is 109 Å². The van der Waals surface area contributed by atoms with Crippen molar-refractivity contribution in [2.24, 2.45) is 5.92 Å². The number of nitrogens with zero attached hydrogens (tertiary/aromatic N) is 5. The van der Waals surface area contributed by atoms with Crippen molar-refractivity contribution in [3.63, 3.8) is 0 Å². The standard InChI is InChI=1S/2C18H28N2O3S.C17H21NO5.C14H17NO3.C13H15NO3/c2*1-18(2,3)24(22)19-16-10-7-12-20(13-11-16)17(21)23-14-15-8-5-4-6-9-15;1-2-22-16(20)14-8-10-18(11-9-15(14)19)17(21)23-12-13-6-4-3-5-7-13;16-13-7-4-9-15(10-8-13)14(17)18-11-12-5-2-1-3-6-12;15-12-6-8-14(9-7-12)13(16)17-10-11-4-2-1-3-5-11/h2*4-6,8-9,16,19H,7,10-14H2,1-3H3;3-7,14H,2,8-12H2,1H3;1-3,5-6H,4,7-11H2;1-5H,6-10H2/t2*16-,24?;;;/m10.../s1. The van der Waals surface area contributed by atoms with Crippen LogP contribution in [-0.4, -0.2) is 180 Å². The van der Waals surface area contributed by atoms with Crippen molar-refractivity contribution in [3.05, 3.63) is 179 Å². The summed E-state index contributed by atoms with van der Waals surface area (Å²) in [5, 5.41) is 0. The van der Waals surface area contributed by atoms with Crippen molar-refractivity contribution in [2.75, 3.05) is 72.1 Å². The molecule has 0 aliphatic carbocycles. The van der Waals surface area contributed by atoms with Crippen molar-refractivity contribution in [1.29, 1.82) is 0 Å². The number of likely N-dealkylation sites (tertiary alicyclic amines) is 5. The number of esters is 1. The molecule has 5 amide bonds. The van der Waals surface area contributed by atoms with Crippen molar-refractivity contribution in [1.82, 2.24) is 33.9 Å². The number of ketones is 3. The highest BCUT2D eigenvalue weighted by atomic mass is 32.2. The zero-order chi connectivity index (χ0) is 76.7. The maximum atomic E-state index is 12.2. The molecule has 2 N–H and O–H groups in total. The van der Waals surface area contributed by atoms with E-state index in [4.69, 9.17) is 28.4 Å². The second kappa shape index (κ2) is 46.3. The third-order valence-corrected chi connectivity index (χ3v) is 20.9. The van der Waals surface area contributed by atoms with Crippen LogP contribution in [0.15, 0.2) is 152 Å². The second-order valence-corrected chi connectivity index (χ2v) is 32.1. The van der Waals surface area contributed by atoms with Gasteiger partial charge in [0.2, 0.25) is 0 Å². The average Bonchev–Trinajstić information content (AvgIpc) is 1.64. The Hall–Kier alpha value is -8.85. The van der Waals surface area contributed by atoms with Gasteiger partial charge in [-0.15, -0.1) is 0 Å². The Bertz CT molecular complexity index is 3460. The molecule has 5 saturated heterocycles. The lowest BCUT2D eigenvalue weighted by Gasteiger charge is -2.25. The first-order chi connectivity index (χ1) is 50.8. The molecule has 5 atom stereocenters. The Balaban J connectivity index is 0.000000209. The third-order valence-electron chi connectivity index (χ3n) is 17.6. The fourth-order valence-corrected chi connectivity index (χ4v) is 13.0. The Morgan fingerprint density at radius 1 is 0.358 bits per heavy atom. The van der Waals surface area contributed by atoms with Gasteiger partial charge in [-0.3, -0.25) is 19.2 Å². The third kappa shape index (κ3) is 32.9. The number of rotatable bonds is 16. The van der Waals surface area contributed by atoms with Crippen LogP contribution in [0, 0.1) is 5.92 Å². The fourth-order valence-electron chi connectivity index (χ4n) is 11.2. The molecule has 106 heavy (non-hydrogen) atoms. The van der Waals surface area contributed by atoms with Crippen molar-refractivity contribution in [3.8, 4) is 0 Å². The molecule has 0 saturated carbocycles. The number of hydrogen-bond acceptors (Lipinski definition) is 17. The number of hydrogen-bond donors (Lipinski definition) is 2. The molecule has 0 radical (unpaired) electrons. The quantitative estimate of drug-likeness (QED) is 0.0527. The van der Waals surface area contributed by atoms with Crippen LogP contribution in [0.25, 0.3) is 0 Å². The van der Waals surface area contributed by atoms with E-state index < -0.39 is 40.0 Å². The lowest BCUT2D eigenvalue weighted by Crippen LogP contribution is -2.40. The molecule has 5 aromatic rings. The molecule has 24 nitrogen and oxygen atoms in total. The van der Waals surface area contributed by atoms with Crippen molar-refractivity contribution < 1.29 is 80.0 Å². The molecule has 5 aliphatic heterocycles. The lowest BCUT2D eigenvalue weighted by molar-refractivity contribution is -0.151. The van der Waals surface area contributed by atoms with Crippen LogP contribution in [0.4, 0.5) is 24.0 Å². The Kier molecular flexibility index (Phi) is 37.6. The molecule has 10 rings (SSSR count). The number of carbonyl (C=O) groups is 9. The first-order valence-electron chi connectivity index (χ1n) is 36.7. The highest BCUT2D eigenvalue weighted by Gasteiger charge is 2.34. The van der Waals surface area contributed by atoms with Gasteiger partial charge < -0.3 is 52.9 Å². The smallest absolute Gasteiger partial charge is 0.410 e. The van der Waals surface area contributed by atoms with Crippen LogP contribution in [0.5, 0.6) is 0 Å². The van der Waals surface area contributed by atoms with Crippen LogP contribution in [0.2, 0.25) is 0 Å². The SMILES string of the molecule is CC(C)(C)S(=O)N[C@@H]1CCCN(C(=O)OCc2ccccc2)CC1.CC(C)(C)S(=O)N[C@H]1CCCN(C(=O)OCc2ccccc2)CC1.CCOC(=O)C1CCN(C(=O)OCc2ccccc2)CCC1=O.O=C1CCCN(C(=O)OCc2ccccc2)CC1.O=C1CCN(C(=O)OCc2ccccc2)CC1. The predicted octanol–water partition coefficient (Wildman–Crippen LogP) is 13.0. The van der Waals surface area contributed by atoms with Crippen LogP contribution in [0.1, 0.15) is 160 Å². The van der Waals surface area contributed by atoms with E-state index in [0.717, 1.165) is 72.8 Å². The first kappa shape index (κ1) is 86.1. The number of carbonyl (C=O) groups excluding carboxylic acids is 9. The van der Waals surface area contributed by atoms with E-state index in [0.29, 0.717) is 97.8 Å². The summed E-state index contributed by atoms with van der Waals surface area (Å²) in [6, 6.07) is 48.2. The van der Waals surface area contributed by atoms with E-state index in [1.807, 2.05) is 193 Å². The van der Waals surface area contributed by atoms with Gasteiger partial charge in [-0.25, -0.2) is 41.8 Å². The van der Waals surface area contributed by atoms with Crippen molar-refractivity contribution in [2.45, 2.75) is 187 Å². The number of amides is 5.